The summed E-state index contributed by atoms with van der Waals surface area (Å²) in [5.74, 6) is -0.553. The van der Waals surface area contributed by atoms with Gasteiger partial charge in [-0.3, -0.25) is 10.1 Å². The molecule has 1 atom stereocenters. The molecule has 1 aliphatic heterocycles. The molecule has 1 fully saturated rings. The van der Waals surface area contributed by atoms with Gasteiger partial charge < -0.3 is 9.84 Å². The van der Waals surface area contributed by atoms with E-state index in [1.165, 1.54) is 23.9 Å². The van der Waals surface area contributed by atoms with E-state index < -0.39 is 10.9 Å². The Bertz CT molecular complexity index is 499. The van der Waals surface area contributed by atoms with E-state index in [1.54, 1.807) is 6.07 Å². The minimum Gasteiger partial charge on any atom is -0.477 e. The van der Waals surface area contributed by atoms with Crippen LogP contribution in [0.1, 0.15) is 23.2 Å². The lowest BCUT2D eigenvalue weighted by molar-refractivity contribution is -0.385. The third-order valence-corrected chi connectivity index (χ3v) is 3.98. The third kappa shape index (κ3) is 3.45. The van der Waals surface area contributed by atoms with Crippen molar-refractivity contribution in [1.82, 2.24) is 0 Å². The summed E-state index contributed by atoms with van der Waals surface area (Å²) in [5.41, 5.74) is -0.656. The molecular weight excluding hydrogens is 270 g/mol. The van der Waals surface area contributed by atoms with E-state index in [0.717, 1.165) is 25.2 Å². The van der Waals surface area contributed by atoms with Crippen LogP contribution in [0.3, 0.4) is 0 Å². The molecular formula is C12H13NO5S. The Balaban J connectivity index is 2.11. The van der Waals surface area contributed by atoms with Gasteiger partial charge in [0.2, 0.25) is 0 Å². The molecule has 1 aromatic carbocycles. The number of hydrogen-bond donors (Lipinski definition) is 1. The summed E-state index contributed by atoms with van der Waals surface area (Å²) in [6, 6.07) is 4.16. The maximum Gasteiger partial charge on any atom is 0.342 e. The first-order chi connectivity index (χ1) is 9.08. The van der Waals surface area contributed by atoms with Gasteiger partial charge in [-0.2, -0.15) is 0 Å². The van der Waals surface area contributed by atoms with Crippen LogP contribution in [0, 0.1) is 10.1 Å². The van der Waals surface area contributed by atoms with Crippen molar-refractivity contribution >= 4 is 23.4 Å². The number of nitro groups is 1. The summed E-state index contributed by atoms with van der Waals surface area (Å²) in [6.45, 7) is 0.770. The van der Waals surface area contributed by atoms with Crippen molar-refractivity contribution in [2.45, 2.75) is 23.8 Å². The fourth-order valence-electron chi connectivity index (χ4n) is 1.90. The first kappa shape index (κ1) is 13.8. The summed E-state index contributed by atoms with van der Waals surface area (Å²) >= 11 is 1.46. The molecule has 1 N–H and O–H groups in total. The second-order valence-corrected chi connectivity index (χ2v) is 5.28. The molecule has 1 unspecified atom stereocenters. The van der Waals surface area contributed by atoms with E-state index in [4.69, 9.17) is 9.84 Å². The van der Waals surface area contributed by atoms with E-state index in [-0.39, 0.29) is 17.4 Å². The van der Waals surface area contributed by atoms with Gasteiger partial charge in [-0.25, -0.2) is 4.79 Å². The Morgan fingerprint density at radius 3 is 2.95 bits per heavy atom. The topological polar surface area (TPSA) is 89.7 Å². The molecule has 0 saturated carbocycles. The van der Waals surface area contributed by atoms with Gasteiger partial charge in [0, 0.05) is 23.3 Å². The predicted molar refractivity (Wildman–Crippen MR) is 69.8 cm³/mol. The van der Waals surface area contributed by atoms with Crippen LogP contribution in [-0.2, 0) is 4.74 Å². The highest BCUT2D eigenvalue weighted by Gasteiger charge is 2.21. The Morgan fingerprint density at radius 2 is 2.37 bits per heavy atom. The highest BCUT2D eigenvalue weighted by atomic mass is 32.2. The van der Waals surface area contributed by atoms with Crippen molar-refractivity contribution in [3.8, 4) is 0 Å². The molecule has 0 bridgehead atoms. The summed E-state index contributed by atoms with van der Waals surface area (Å²) in [6.07, 6.45) is 2.24. The zero-order valence-corrected chi connectivity index (χ0v) is 10.9. The number of thioether (sulfide) groups is 1. The average Bonchev–Trinajstić information content (AvgIpc) is 2.88. The highest BCUT2D eigenvalue weighted by Crippen LogP contribution is 2.28. The Hall–Kier alpha value is -1.60. The molecule has 0 amide bonds. The largest absolute Gasteiger partial charge is 0.477 e. The zero-order valence-electron chi connectivity index (χ0n) is 10.1. The van der Waals surface area contributed by atoms with E-state index in [0.29, 0.717) is 4.90 Å². The summed E-state index contributed by atoms with van der Waals surface area (Å²) in [4.78, 5) is 21.7. The van der Waals surface area contributed by atoms with Crippen molar-refractivity contribution in [3.05, 3.63) is 33.9 Å². The van der Waals surface area contributed by atoms with Crippen LogP contribution in [0.25, 0.3) is 0 Å². The maximum absolute atomic E-state index is 11.0. The fourth-order valence-corrected chi connectivity index (χ4v) is 2.91. The van der Waals surface area contributed by atoms with Crippen LogP contribution >= 0.6 is 11.8 Å². The predicted octanol–water partition coefficient (Wildman–Crippen LogP) is 2.56. The van der Waals surface area contributed by atoms with Crippen molar-refractivity contribution in [2.75, 3.05) is 12.4 Å². The molecule has 0 aromatic heterocycles. The Kier molecular flexibility index (Phi) is 4.39. The van der Waals surface area contributed by atoms with Crippen LogP contribution in [-0.4, -0.2) is 34.5 Å². The molecule has 1 aromatic rings. The maximum atomic E-state index is 11.0. The van der Waals surface area contributed by atoms with Crippen LogP contribution in [0.4, 0.5) is 5.69 Å². The first-order valence-corrected chi connectivity index (χ1v) is 6.82. The SMILES string of the molecule is O=C(O)c1cc(SCC2CCCO2)ccc1[N+](=O)[O-]. The van der Waals surface area contributed by atoms with Gasteiger partial charge in [0.25, 0.3) is 5.69 Å². The molecule has 19 heavy (non-hydrogen) atoms. The number of ether oxygens (including phenoxy) is 1. The number of benzene rings is 1. The molecule has 1 saturated heterocycles. The van der Waals surface area contributed by atoms with Crippen molar-refractivity contribution in [3.63, 3.8) is 0 Å². The number of rotatable bonds is 5. The monoisotopic (exact) mass is 283 g/mol. The summed E-state index contributed by atoms with van der Waals surface area (Å²) in [5, 5.41) is 19.7. The lowest BCUT2D eigenvalue weighted by Gasteiger charge is -2.09. The van der Waals surface area contributed by atoms with E-state index in [9.17, 15) is 14.9 Å². The van der Waals surface area contributed by atoms with Gasteiger partial charge in [0.05, 0.1) is 11.0 Å². The zero-order chi connectivity index (χ0) is 13.8. The van der Waals surface area contributed by atoms with Crippen LogP contribution in [0.2, 0.25) is 0 Å². The van der Waals surface area contributed by atoms with Crippen molar-refractivity contribution in [1.29, 1.82) is 0 Å². The molecule has 6 nitrogen and oxygen atoms in total. The minimum atomic E-state index is -1.29. The normalized spacial score (nSPS) is 18.4. The Morgan fingerprint density at radius 1 is 1.58 bits per heavy atom. The van der Waals surface area contributed by atoms with Gasteiger partial charge in [-0.1, -0.05) is 0 Å². The third-order valence-electron chi connectivity index (χ3n) is 2.86. The van der Waals surface area contributed by atoms with Crippen molar-refractivity contribution in [2.24, 2.45) is 0 Å². The van der Waals surface area contributed by atoms with Gasteiger partial charge in [0.15, 0.2) is 0 Å². The lowest BCUT2D eigenvalue weighted by atomic mass is 10.2. The highest BCUT2D eigenvalue weighted by molar-refractivity contribution is 7.99. The molecule has 102 valence electrons. The summed E-state index contributed by atoms with van der Waals surface area (Å²) in [7, 11) is 0. The standard InChI is InChI=1S/C12H13NO5S/c14-12(15)10-6-9(3-4-11(10)13(16)17)19-7-8-2-1-5-18-8/h3-4,6,8H,1-2,5,7H2,(H,14,15). The number of carboxylic acid groups (broad SMARTS) is 1. The van der Waals surface area contributed by atoms with Crippen LogP contribution in [0.5, 0.6) is 0 Å². The van der Waals surface area contributed by atoms with Crippen LogP contribution in [0.15, 0.2) is 23.1 Å². The van der Waals surface area contributed by atoms with E-state index in [1.807, 2.05) is 0 Å². The van der Waals surface area contributed by atoms with Gasteiger partial charge >= 0.3 is 5.97 Å². The van der Waals surface area contributed by atoms with Crippen molar-refractivity contribution < 1.29 is 19.6 Å². The quantitative estimate of drug-likeness (QED) is 0.507. The molecule has 0 radical (unpaired) electrons. The summed E-state index contributed by atoms with van der Waals surface area (Å²) < 4.78 is 5.47. The Labute approximate surface area is 113 Å². The number of hydrogen-bond acceptors (Lipinski definition) is 5. The molecule has 2 rings (SSSR count). The first-order valence-electron chi connectivity index (χ1n) is 5.84. The molecule has 1 heterocycles. The molecule has 1 aliphatic rings. The molecule has 0 spiro atoms. The van der Waals surface area contributed by atoms with Gasteiger partial charge in [-0.05, 0) is 25.0 Å². The average molecular weight is 283 g/mol. The van der Waals surface area contributed by atoms with Crippen LogP contribution < -0.4 is 0 Å². The number of nitrogens with zero attached hydrogens (tertiary/aromatic N) is 1. The lowest BCUT2D eigenvalue weighted by Crippen LogP contribution is -2.08. The molecule has 7 heteroatoms. The number of nitro benzene ring substituents is 1. The van der Waals surface area contributed by atoms with E-state index in [2.05, 4.69) is 0 Å². The number of carboxylic acids is 1. The second-order valence-electron chi connectivity index (χ2n) is 4.19. The second kappa shape index (κ2) is 6.03. The van der Waals surface area contributed by atoms with Gasteiger partial charge in [-0.15, -0.1) is 11.8 Å². The minimum absolute atomic E-state index is 0.188. The van der Waals surface area contributed by atoms with Gasteiger partial charge in [0.1, 0.15) is 5.56 Å². The smallest absolute Gasteiger partial charge is 0.342 e. The fraction of sp³-hybridized carbons (Fsp3) is 0.417. The molecule has 0 aliphatic carbocycles. The number of aromatic carboxylic acids is 1. The number of carbonyl (C=O) groups is 1. The van der Waals surface area contributed by atoms with E-state index >= 15 is 0 Å².